The van der Waals surface area contributed by atoms with Gasteiger partial charge in [-0.25, -0.2) is 0 Å². The smallest absolute Gasteiger partial charge is 0.310 e. The first kappa shape index (κ1) is 15.8. The van der Waals surface area contributed by atoms with Gasteiger partial charge in [0.15, 0.2) is 0 Å². The van der Waals surface area contributed by atoms with Crippen LogP contribution in [-0.2, 0) is 9.59 Å². The van der Waals surface area contributed by atoms with Crippen molar-refractivity contribution in [3.05, 3.63) is 59.7 Å². The maximum absolute atomic E-state index is 11.4. The highest BCUT2D eigenvalue weighted by atomic mass is 16.4. The third-order valence-electron chi connectivity index (χ3n) is 3.87. The molecule has 0 fully saturated rings. The first-order chi connectivity index (χ1) is 10.4. The maximum Gasteiger partial charge on any atom is 0.310 e. The van der Waals surface area contributed by atoms with Crippen molar-refractivity contribution in [1.82, 2.24) is 0 Å². The molecule has 2 unspecified atom stereocenters. The van der Waals surface area contributed by atoms with Crippen LogP contribution in [0.1, 0.15) is 36.8 Å². The summed E-state index contributed by atoms with van der Waals surface area (Å²) in [6.07, 6.45) is 0. The Kier molecular flexibility index (Phi) is 4.61. The van der Waals surface area contributed by atoms with E-state index in [9.17, 15) is 14.7 Å². The molecule has 4 nitrogen and oxygen atoms in total. The van der Waals surface area contributed by atoms with Gasteiger partial charge in [-0.15, -0.1) is 0 Å². The molecule has 2 aromatic carbocycles. The Labute approximate surface area is 129 Å². The average Bonchev–Trinajstić information content (AvgIpc) is 2.53. The van der Waals surface area contributed by atoms with Crippen molar-refractivity contribution in [2.75, 3.05) is 0 Å². The fraction of sp³-hybridized carbons (Fsp3) is 0.222. The monoisotopic (exact) mass is 298 g/mol. The predicted molar refractivity (Wildman–Crippen MR) is 84.0 cm³/mol. The van der Waals surface area contributed by atoms with Crippen molar-refractivity contribution in [3.63, 3.8) is 0 Å². The molecule has 4 heteroatoms. The van der Waals surface area contributed by atoms with E-state index in [0.29, 0.717) is 11.1 Å². The normalized spacial score (nSPS) is 13.4. The molecule has 22 heavy (non-hydrogen) atoms. The lowest BCUT2D eigenvalue weighted by atomic mass is 9.87. The number of carboxylic acid groups (broad SMARTS) is 2. The average molecular weight is 298 g/mol. The zero-order valence-corrected chi connectivity index (χ0v) is 12.5. The van der Waals surface area contributed by atoms with E-state index >= 15 is 0 Å². The molecule has 0 aliphatic heterocycles. The molecule has 0 radical (unpaired) electrons. The molecule has 0 spiro atoms. The second kappa shape index (κ2) is 6.43. The molecule has 0 aromatic heterocycles. The molecule has 0 aliphatic carbocycles. The van der Waals surface area contributed by atoms with Gasteiger partial charge in [-0.1, -0.05) is 48.5 Å². The first-order valence-corrected chi connectivity index (χ1v) is 7.06. The summed E-state index contributed by atoms with van der Waals surface area (Å²) in [6, 6.07) is 14.7. The minimum Gasteiger partial charge on any atom is -0.481 e. The Morgan fingerprint density at radius 1 is 0.864 bits per heavy atom. The van der Waals surface area contributed by atoms with Crippen LogP contribution in [0.5, 0.6) is 0 Å². The van der Waals surface area contributed by atoms with Gasteiger partial charge in [0.1, 0.15) is 0 Å². The minimum absolute atomic E-state index is 0.607. The highest BCUT2D eigenvalue weighted by Gasteiger charge is 2.21. The lowest BCUT2D eigenvalue weighted by Gasteiger charge is -2.17. The fourth-order valence-corrected chi connectivity index (χ4v) is 2.37. The van der Waals surface area contributed by atoms with Gasteiger partial charge in [-0.05, 0) is 36.1 Å². The van der Waals surface area contributed by atoms with Crippen molar-refractivity contribution in [3.8, 4) is 11.1 Å². The summed E-state index contributed by atoms with van der Waals surface area (Å²) in [5.74, 6) is -3.25. The van der Waals surface area contributed by atoms with Gasteiger partial charge in [0, 0.05) is 0 Å². The van der Waals surface area contributed by atoms with Crippen LogP contribution in [0.3, 0.4) is 0 Å². The van der Waals surface area contributed by atoms with Crippen LogP contribution in [0.4, 0.5) is 0 Å². The van der Waals surface area contributed by atoms with Crippen molar-refractivity contribution >= 4 is 11.9 Å². The van der Waals surface area contributed by atoms with Crippen LogP contribution in [0.2, 0.25) is 0 Å². The molecule has 0 aliphatic rings. The fourth-order valence-electron chi connectivity index (χ4n) is 2.37. The summed E-state index contributed by atoms with van der Waals surface area (Å²) in [6.45, 7) is 3.20. The number of carboxylic acids is 2. The third-order valence-corrected chi connectivity index (χ3v) is 3.87. The van der Waals surface area contributed by atoms with Gasteiger partial charge in [0.2, 0.25) is 0 Å². The number of aliphatic carboxylic acids is 2. The van der Waals surface area contributed by atoms with E-state index < -0.39 is 23.8 Å². The largest absolute Gasteiger partial charge is 0.481 e. The van der Waals surface area contributed by atoms with E-state index in [2.05, 4.69) is 0 Å². The number of rotatable bonds is 5. The van der Waals surface area contributed by atoms with Gasteiger partial charge in [-0.2, -0.15) is 0 Å². The number of benzene rings is 2. The van der Waals surface area contributed by atoms with E-state index in [1.807, 2.05) is 30.3 Å². The standard InChI is InChI=1S/C18H18O4/c1-11(17(19)20)14-8-9-15(13-6-4-3-5-7-13)16(10-14)12(2)18(21)22/h3-12H,1-2H3,(H,19,20)(H,21,22). The van der Waals surface area contributed by atoms with Crippen LogP contribution >= 0.6 is 0 Å². The van der Waals surface area contributed by atoms with Crippen molar-refractivity contribution in [2.45, 2.75) is 25.7 Å². The predicted octanol–water partition coefficient (Wildman–Crippen LogP) is 3.73. The molecule has 0 saturated heterocycles. The minimum atomic E-state index is -0.933. The zero-order chi connectivity index (χ0) is 16.3. The molecule has 0 heterocycles. The maximum atomic E-state index is 11.4. The van der Waals surface area contributed by atoms with E-state index in [-0.39, 0.29) is 0 Å². The molecule has 2 atom stereocenters. The second-order valence-electron chi connectivity index (χ2n) is 5.33. The number of hydrogen-bond acceptors (Lipinski definition) is 2. The van der Waals surface area contributed by atoms with Gasteiger partial charge in [-0.3, -0.25) is 9.59 Å². The van der Waals surface area contributed by atoms with E-state index in [4.69, 9.17) is 5.11 Å². The number of hydrogen-bond donors (Lipinski definition) is 2. The molecular weight excluding hydrogens is 280 g/mol. The summed E-state index contributed by atoms with van der Waals surface area (Å²) in [5.41, 5.74) is 2.97. The lowest BCUT2D eigenvalue weighted by Crippen LogP contribution is -2.12. The lowest BCUT2D eigenvalue weighted by molar-refractivity contribution is -0.139. The molecule has 114 valence electrons. The Balaban J connectivity index is 2.59. The summed E-state index contributed by atoms with van der Waals surface area (Å²) in [7, 11) is 0. The molecule has 0 bridgehead atoms. The van der Waals surface area contributed by atoms with Crippen LogP contribution in [0.15, 0.2) is 48.5 Å². The van der Waals surface area contributed by atoms with Crippen molar-refractivity contribution < 1.29 is 19.8 Å². The van der Waals surface area contributed by atoms with E-state index in [0.717, 1.165) is 11.1 Å². The SMILES string of the molecule is CC(C(=O)O)c1ccc(-c2ccccc2)c(C(C)C(=O)O)c1. The Morgan fingerprint density at radius 3 is 2.00 bits per heavy atom. The Bertz CT molecular complexity index is 691. The highest BCUT2D eigenvalue weighted by Crippen LogP contribution is 2.32. The molecule has 2 rings (SSSR count). The molecule has 2 aromatic rings. The van der Waals surface area contributed by atoms with Gasteiger partial charge in [0.05, 0.1) is 11.8 Å². The molecular formula is C18H18O4. The summed E-state index contributed by atoms with van der Waals surface area (Å²) < 4.78 is 0. The summed E-state index contributed by atoms with van der Waals surface area (Å²) in [4.78, 5) is 22.5. The topological polar surface area (TPSA) is 74.6 Å². The first-order valence-electron chi connectivity index (χ1n) is 7.06. The van der Waals surface area contributed by atoms with Crippen molar-refractivity contribution in [2.24, 2.45) is 0 Å². The Morgan fingerprint density at radius 2 is 1.45 bits per heavy atom. The van der Waals surface area contributed by atoms with Gasteiger partial charge >= 0.3 is 11.9 Å². The molecule has 0 saturated carbocycles. The zero-order valence-electron chi connectivity index (χ0n) is 12.5. The van der Waals surface area contributed by atoms with Crippen LogP contribution in [0.25, 0.3) is 11.1 Å². The van der Waals surface area contributed by atoms with E-state index in [1.54, 1.807) is 32.0 Å². The van der Waals surface area contributed by atoms with Crippen LogP contribution in [0, 0.1) is 0 Å². The van der Waals surface area contributed by atoms with Gasteiger partial charge in [0.25, 0.3) is 0 Å². The van der Waals surface area contributed by atoms with Crippen molar-refractivity contribution in [1.29, 1.82) is 0 Å². The highest BCUT2D eigenvalue weighted by molar-refractivity contribution is 5.82. The summed E-state index contributed by atoms with van der Waals surface area (Å²) >= 11 is 0. The second-order valence-corrected chi connectivity index (χ2v) is 5.33. The van der Waals surface area contributed by atoms with E-state index in [1.165, 1.54) is 0 Å². The van der Waals surface area contributed by atoms with Crippen LogP contribution in [-0.4, -0.2) is 22.2 Å². The Hall–Kier alpha value is -2.62. The summed E-state index contributed by atoms with van der Waals surface area (Å²) in [5, 5.41) is 18.5. The van der Waals surface area contributed by atoms with Crippen LogP contribution < -0.4 is 0 Å². The quantitative estimate of drug-likeness (QED) is 0.882. The number of carbonyl (C=O) groups is 2. The van der Waals surface area contributed by atoms with Gasteiger partial charge < -0.3 is 10.2 Å². The third kappa shape index (κ3) is 3.17. The molecule has 0 amide bonds. The molecule has 2 N–H and O–H groups in total.